The number of hydrogen-bond acceptors (Lipinski definition) is 3. The lowest BCUT2D eigenvalue weighted by Gasteiger charge is -2.23. The molecule has 0 spiro atoms. The van der Waals surface area contributed by atoms with Gasteiger partial charge in [0.1, 0.15) is 5.60 Å². The van der Waals surface area contributed by atoms with E-state index in [1.54, 1.807) is 4.90 Å². The van der Waals surface area contributed by atoms with Gasteiger partial charge in [0.2, 0.25) is 0 Å². The van der Waals surface area contributed by atoms with Crippen LogP contribution in [0.5, 0.6) is 0 Å². The summed E-state index contributed by atoms with van der Waals surface area (Å²) in [5.74, 6) is -0.846. The van der Waals surface area contributed by atoms with Crippen LogP contribution in [0.1, 0.15) is 45.4 Å². The van der Waals surface area contributed by atoms with Gasteiger partial charge in [0, 0.05) is 12.5 Å². The first-order chi connectivity index (χ1) is 8.00. The van der Waals surface area contributed by atoms with Crippen LogP contribution >= 0.6 is 0 Å². The number of ether oxygens (including phenoxy) is 1. The third-order valence-corrected chi connectivity index (χ3v) is 3.71. The maximum atomic E-state index is 11.8. The molecule has 0 bridgehead atoms. The van der Waals surface area contributed by atoms with Gasteiger partial charge >= 0.3 is 12.1 Å². The number of carbonyl (C=O) groups is 2. The van der Waals surface area contributed by atoms with E-state index in [1.165, 1.54) is 12.8 Å². The highest BCUT2D eigenvalue weighted by Gasteiger charge is 2.44. The molecule has 1 atom stereocenters. The summed E-state index contributed by atoms with van der Waals surface area (Å²) in [7, 11) is 0. The number of nitrogens with zero attached hydrogens (tertiary/aromatic N) is 1. The maximum Gasteiger partial charge on any atom is 0.410 e. The molecule has 1 aliphatic carbocycles. The van der Waals surface area contributed by atoms with E-state index in [2.05, 4.69) is 0 Å². The summed E-state index contributed by atoms with van der Waals surface area (Å²) in [6.45, 7) is 2.35. The highest BCUT2D eigenvalue weighted by atomic mass is 16.6. The zero-order valence-corrected chi connectivity index (χ0v) is 10.1. The highest BCUT2D eigenvalue weighted by Crippen LogP contribution is 2.33. The Balaban J connectivity index is 1.95. The van der Waals surface area contributed by atoms with E-state index in [0.717, 1.165) is 12.8 Å². The SMILES string of the molecule is CC1(CCC(=O)O)CN(C2CCCC2)C(=O)O1. The molecular weight excluding hydrogens is 222 g/mol. The molecular formula is C12H19NO4. The number of rotatable bonds is 4. The first-order valence-corrected chi connectivity index (χ1v) is 6.22. The van der Waals surface area contributed by atoms with Gasteiger partial charge in [0.15, 0.2) is 0 Å². The Morgan fingerprint density at radius 3 is 2.76 bits per heavy atom. The average Bonchev–Trinajstić information content (AvgIpc) is 2.84. The Hall–Kier alpha value is -1.26. The smallest absolute Gasteiger partial charge is 0.410 e. The number of carboxylic acid groups (broad SMARTS) is 1. The third kappa shape index (κ3) is 2.70. The minimum Gasteiger partial charge on any atom is -0.481 e. The fourth-order valence-electron chi connectivity index (χ4n) is 2.72. The predicted molar refractivity (Wildman–Crippen MR) is 60.7 cm³/mol. The lowest BCUT2D eigenvalue weighted by atomic mass is 9.99. The van der Waals surface area contributed by atoms with Crippen molar-refractivity contribution in [3.63, 3.8) is 0 Å². The molecule has 2 rings (SSSR count). The Bertz CT molecular complexity index is 324. The van der Waals surface area contributed by atoms with Gasteiger partial charge in [-0.1, -0.05) is 12.8 Å². The second-order valence-electron chi connectivity index (χ2n) is 5.28. The molecule has 1 saturated heterocycles. The van der Waals surface area contributed by atoms with E-state index < -0.39 is 11.6 Å². The fraction of sp³-hybridized carbons (Fsp3) is 0.833. The molecule has 0 aromatic carbocycles. The minimum atomic E-state index is -0.846. The Labute approximate surface area is 101 Å². The second-order valence-corrected chi connectivity index (χ2v) is 5.28. The number of carbonyl (C=O) groups excluding carboxylic acids is 1. The summed E-state index contributed by atoms with van der Waals surface area (Å²) in [5, 5.41) is 8.68. The van der Waals surface area contributed by atoms with Crippen LogP contribution < -0.4 is 0 Å². The van der Waals surface area contributed by atoms with Crippen molar-refractivity contribution >= 4 is 12.1 Å². The summed E-state index contributed by atoms with van der Waals surface area (Å²) in [4.78, 5) is 24.1. The Morgan fingerprint density at radius 1 is 1.53 bits per heavy atom. The Kier molecular flexibility index (Phi) is 3.26. The van der Waals surface area contributed by atoms with E-state index in [0.29, 0.717) is 19.0 Å². The summed E-state index contributed by atoms with van der Waals surface area (Å²) >= 11 is 0. The van der Waals surface area contributed by atoms with Crippen molar-refractivity contribution in [2.24, 2.45) is 0 Å². The van der Waals surface area contributed by atoms with E-state index in [-0.39, 0.29) is 12.5 Å². The van der Waals surface area contributed by atoms with Gasteiger partial charge in [-0.15, -0.1) is 0 Å². The molecule has 1 amide bonds. The quantitative estimate of drug-likeness (QED) is 0.817. The van der Waals surface area contributed by atoms with Crippen molar-refractivity contribution < 1.29 is 19.4 Å². The molecule has 2 aliphatic rings. The molecule has 1 N–H and O–H groups in total. The first kappa shape index (κ1) is 12.2. The normalized spacial score (nSPS) is 29.7. The largest absolute Gasteiger partial charge is 0.481 e. The zero-order valence-electron chi connectivity index (χ0n) is 10.1. The molecule has 1 heterocycles. The van der Waals surface area contributed by atoms with Crippen LogP contribution in [0.15, 0.2) is 0 Å². The van der Waals surface area contributed by atoms with Gasteiger partial charge in [-0.2, -0.15) is 0 Å². The topological polar surface area (TPSA) is 66.8 Å². The molecule has 17 heavy (non-hydrogen) atoms. The van der Waals surface area contributed by atoms with Crippen molar-refractivity contribution in [1.82, 2.24) is 4.90 Å². The van der Waals surface area contributed by atoms with Crippen LogP contribution in [0.4, 0.5) is 4.79 Å². The number of aliphatic carboxylic acids is 1. The summed E-state index contributed by atoms with van der Waals surface area (Å²) < 4.78 is 5.35. The zero-order chi connectivity index (χ0) is 12.5. The lowest BCUT2D eigenvalue weighted by Crippen LogP contribution is -2.37. The van der Waals surface area contributed by atoms with Crippen LogP contribution in [0, 0.1) is 0 Å². The number of hydrogen-bond donors (Lipinski definition) is 1. The minimum absolute atomic E-state index is 0.0439. The summed E-state index contributed by atoms with van der Waals surface area (Å²) in [6.07, 6.45) is 4.58. The number of amides is 1. The van der Waals surface area contributed by atoms with Gasteiger partial charge in [0.05, 0.1) is 6.54 Å². The van der Waals surface area contributed by atoms with E-state index in [4.69, 9.17) is 9.84 Å². The van der Waals surface area contributed by atoms with Crippen LogP contribution in [-0.4, -0.2) is 40.3 Å². The second kappa shape index (κ2) is 4.55. The molecule has 2 fully saturated rings. The van der Waals surface area contributed by atoms with Gasteiger partial charge in [-0.05, 0) is 26.2 Å². The molecule has 1 unspecified atom stereocenters. The lowest BCUT2D eigenvalue weighted by molar-refractivity contribution is -0.138. The summed E-state index contributed by atoms with van der Waals surface area (Å²) in [6, 6.07) is 0.300. The van der Waals surface area contributed by atoms with Crippen LogP contribution in [0.2, 0.25) is 0 Å². The number of carboxylic acids is 1. The number of cyclic esters (lactones) is 1. The van der Waals surface area contributed by atoms with Crippen LogP contribution in [0.25, 0.3) is 0 Å². The molecule has 96 valence electrons. The molecule has 1 saturated carbocycles. The van der Waals surface area contributed by atoms with E-state index in [1.807, 2.05) is 6.92 Å². The highest BCUT2D eigenvalue weighted by molar-refractivity contribution is 5.71. The predicted octanol–water partition coefficient (Wildman–Crippen LogP) is 2.00. The van der Waals surface area contributed by atoms with Gasteiger partial charge in [-0.3, -0.25) is 4.79 Å². The summed E-state index contributed by atoms with van der Waals surface area (Å²) in [5.41, 5.74) is -0.627. The first-order valence-electron chi connectivity index (χ1n) is 6.22. The molecule has 1 aliphatic heterocycles. The van der Waals surface area contributed by atoms with Gasteiger partial charge in [0.25, 0.3) is 0 Å². The molecule has 0 aromatic heterocycles. The third-order valence-electron chi connectivity index (χ3n) is 3.71. The van der Waals surface area contributed by atoms with Crippen molar-refractivity contribution in [3.8, 4) is 0 Å². The van der Waals surface area contributed by atoms with Crippen LogP contribution in [-0.2, 0) is 9.53 Å². The fourth-order valence-corrected chi connectivity index (χ4v) is 2.72. The Morgan fingerprint density at radius 2 is 2.18 bits per heavy atom. The monoisotopic (exact) mass is 241 g/mol. The molecule has 0 aromatic rings. The van der Waals surface area contributed by atoms with Crippen LogP contribution in [0.3, 0.4) is 0 Å². The van der Waals surface area contributed by atoms with Gasteiger partial charge < -0.3 is 14.7 Å². The van der Waals surface area contributed by atoms with Crippen molar-refractivity contribution in [3.05, 3.63) is 0 Å². The average molecular weight is 241 g/mol. The van der Waals surface area contributed by atoms with Crippen molar-refractivity contribution in [2.75, 3.05) is 6.54 Å². The standard InChI is InChI=1S/C12H19NO4/c1-12(7-6-10(14)15)8-13(11(16)17-12)9-4-2-3-5-9/h9H,2-8H2,1H3,(H,14,15). The van der Waals surface area contributed by atoms with E-state index in [9.17, 15) is 9.59 Å². The van der Waals surface area contributed by atoms with Crippen molar-refractivity contribution in [2.45, 2.75) is 57.1 Å². The van der Waals surface area contributed by atoms with Crippen molar-refractivity contribution in [1.29, 1.82) is 0 Å². The molecule has 5 nitrogen and oxygen atoms in total. The maximum absolute atomic E-state index is 11.8. The van der Waals surface area contributed by atoms with E-state index >= 15 is 0 Å². The molecule has 0 radical (unpaired) electrons. The molecule has 5 heteroatoms. The van der Waals surface area contributed by atoms with Gasteiger partial charge in [-0.25, -0.2) is 4.79 Å².